The molecule has 210 valence electrons. The zero-order valence-electron chi connectivity index (χ0n) is 23.1. The number of nitrogens with two attached hydrogens (primary N) is 1. The van der Waals surface area contributed by atoms with Gasteiger partial charge in [-0.1, -0.05) is 45.0 Å². The summed E-state index contributed by atoms with van der Waals surface area (Å²) in [5.41, 5.74) is 8.34. The van der Waals surface area contributed by atoms with Gasteiger partial charge in [0.1, 0.15) is 35.2 Å². The molecule has 0 radical (unpaired) electrons. The molecule has 1 fully saturated rings. The molecule has 1 unspecified atom stereocenters. The van der Waals surface area contributed by atoms with Gasteiger partial charge in [-0.25, -0.2) is 14.4 Å². The van der Waals surface area contributed by atoms with Gasteiger partial charge in [0.15, 0.2) is 11.6 Å². The molecule has 0 saturated carbocycles. The third-order valence-corrected chi connectivity index (χ3v) is 6.97. The van der Waals surface area contributed by atoms with Gasteiger partial charge in [0.05, 0.1) is 11.4 Å². The average molecular weight is 557 g/mol. The van der Waals surface area contributed by atoms with Crippen molar-refractivity contribution >= 4 is 22.8 Å². The van der Waals surface area contributed by atoms with Crippen molar-refractivity contribution in [1.29, 1.82) is 5.26 Å². The summed E-state index contributed by atoms with van der Waals surface area (Å²) in [7, 11) is 0. The van der Waals surface area contributed by atoms with Gasteiger partial charge in [0.25, 0.3) is 5.91 Å². The van der Waals surface area contributed by atoms with Crippen molar-refractivity contribution in [2.45, 2.75) is 46.2 Å². The molecule has 0 bridgehead atoms. The van der Waals surface area contributed by atoms with Crippen molar-refractivity contribution < 1.29 is 18.3 Å². The van der Waals surface area contributed by atoms with Crippen LogP contribution in [0.25, 0.3) is 22.2 Å². The number of ether oxygens (including phenoxy) is 1. The molecule has 0 aliphatic carbocycles. The molecule has 1 atom stereocenters. The fraction of sp³-hybridized carbons (Fsp3) is 0.290. The minimum absolute atomic E-state index is 0.129. The molecule has 4 aromatic rings. The number of hydrogen-bond acceptors (Lipinski definition) is 6. The first-order chi connectivity index (χ1) is 19.6. The number of allylic oxidation sites excluding steroid dienone is 1. The Hall–Kier alpha value is -4.78. The van der Waals surface area contributed by atoms with E-state index in [1.165, 1.54) is 18.5 Å². The number of anilines is 1. The number of carbonyl (C=O) groups is 1. The monoisotopic (exact) mass is 556 g/mol. The summed E-state index contributed by atoms with van der Waals surface area (Å²) in [6, 6.07) is 12.6. The molecule has 2 N–H and O–H groups in total. The number of aromatic nitrogens is 3. The zero-order valence-corrected chi connectivity index (χ0v) is 23.1. The van der Waals surface area contributed by atoms with Crippen LogP contribution in [-0.4, -0.2) is 37.9 Å². The van der Waals surface area contributed by atoms with Crippen molar-refractivity contribution in [2.24, 2.45) is 5.41 Å². The van der Waals surface area contributed by atoms with Crippen LogP contribution < -0.4 is 10.5 Å². The number of benzene rings is 2. The van der Waals surface area contributed by atoms with Gasteiger partial charge in [0.2, 0.25) is 5.82 Å². The molecule has 5 rings (SSSR count). The fourth-order valence-electron chi connectivity index (χ4n) is 5.15. The maximum Gasteiger partial charge on any atom is 0.264 e. The predicted octanol–water partition coefficient (Wildman–Crippen LogP) is 6.24. The van der Waals surface area contributed by atoms with E-state index in [1.807, 2.05) is 31.5 Å². The lowest BCUT2D eigenvalue weighted by Crippen LogP contribution is -2.39. The molecule has 0 spiro atoms. The maximum atomic E-state index is 14.1. The number of carbonyl (C=O) groups excluding carboxylic acids is 1. The molecule has 2 aromatic carbocycles. The summed E-state index contributed by atoms with van der Waals surface area (Å²) in [4.78, 5) is 23.8. The molecule has 3 heterocycles. The van der Waals surface area contributed by atoms with Gasteiger partial charge in [-0.15, -0.1) is 0 Å². The van der Waals surface area contributed by atoms with E-state index in [0.717, 1.165) is 30.0 Å². The number of nitrogen functional groups attached to an aromatic ring is 1. The molecule has 1 saturated heterocycles. The normalized spacial score (nSPS) is 15.8. The number of hydrogen-bond donors (Lipinski definition) is 1. The molecule has 2 aromatic heterocycles. The smallest absolute Gasteiger partial charge is 0.264 e. The number of halogens is 2. The van der Waals surface area contributed by atoms with Crippen molar-refractivity contribution in [3.05, 3.63) is 78.3 Å². The quantitative estimate of drug-likeness (QED) is 0.222. The highest BCUT2D eigenvalue weighted by Crippen LogP contribution is 2.35. The second kappa shape index (κ2) is 11.0. The van der Waals surface area contributed by atoms with Crippen LogP contribution >= 0.6 is 0 Å². The van der Waals surface area contributed by atoms with Crippen LogP contribution in [0.5, 0.6) is 11.5 Å². The average Bonchev–Trinajstić information content (AvgIpc) is 3.55. The van der Waals surface area contributed by atoms with Gasteiger partial charge in [-0.05, 0) is 48.1 Å². The maximum absolute atomic E-state index is 14.1. The number of nitrogens with zero attached hydrogens (tertiary/aromatic N) is 5. The first kappa shape index (κ1) is 27.8. The van der Waals surface area contributed by atoms with Gasteiger partial charge in [-0.2, -0.15) is 9.65 Å². The largest absolute Gasteiger partial charge is 0.454 e. The zero-order chi connectivity index (χ0) is 29.3. The highest BCUT2D eigenvalue weighted by Gasteiger charge is 2.32. The van der Waals surface area contributed by atoms with Crippen molar-refractivity contribution in [3.63, 3.8) is 0 Å². The molecule has 1 aliphatic rings. The Morgan fingerprint density at radius 2 is 1.95 bits per heavy atom. The van der Waals surface area contributed by atoms with E-state index < -0.39 is 11.6 Å². The summed E-state index contributed by atoms with van der Waals surface area (Å²) in [6.07, 6.45) is 6.67. The van der Waals surface area contributed by atoms with Crippen LogP contribution in [0, 0.1) is 28.4 Å². The number of amides is 1. The van der Waals surface area contributed by atoms with E-state index in [4.69, 9.17) is 10.5 Å². The Balaban J connectivity index is 1.44. The van der Waals surface area contributed by atoms with Crippen LogP contribution in [0.2, 0.25) is 0 Å². The number of fused-ring (bicyclic) bond motifs is 1. The van der Waals surface area contributed by atoms with Crippen molar-refractivity contribution in [1.82, 2.24) is 19.4 Å². The second-order valence-corrected chi connectivity index (χ2v) is 11.2. The Morgan fingerprint density at radius 1 is 1.20 bits per heavy atom. The highest BCUT2D eigenvalue weighted by molar-refractivity contribution is 6.01. The Kier molecular flexibility index (Phi) is 7.45. The lowest BCUT2D eigenvalue weighted by molar-refractivity contribution is -0.127. The van der Waals surface area contributed by atoms with Crippen LogP contribution in [-0.2, 0) is 11.3 Å². The SMILES string of the molecule is CC(C)(C)C=C(C#N)C(=O)N1CCCC1Cn1cc(-c2ccc(Oc3cccc(F)c3F)cc2)c2c(N)ncnc21. The standard InChI is InChI=1S/C31H30F2N6O2/c1-31(2,3)14-20(15-34)30(40)39-13-5-6-21(39)16-38-17-23(26-28(35)36-18-37-29(26)38)19-9-11-22(12-10-19)41-25-8-4-7-24(32)27(25)33/h4,7-12,14,17-18,21H,5-6,13,16H2,1-3H3,(H2,35,36,37). The van der Waals surface area contributed by atoms with E-state index in [0.29, 0.717) is 35.7 Å². The van der Waals surface area contributed by atoms with E-state index in [-0.39, 0.29) is 28.7 Å². The number of nitriles is 1. The number of rotatable bonds is 6. The molecule has 1 aliphatic heterocycles. The molecular weight excluding hydrogens is 526 g/mol. The predicted molar refractivity (Wildman–Crippen MR) is 152 cm³/mol. The third kappa shape index (κ3) is 5.75. The topological polar surface area (TPSA) is 110 Å². The Bertz CT molecular complexity index is 1680. The summed E-state index contributed by atoms with van der Waals surface area (Å²) in [5, 5.41) is 10.3. The van der Waals surface area contributed by atoms with E-state index in [9.17, 15) is 18.8 Å². The van der Waals surface area contributed by atoms with Gasteiger partial charge in [0, 0.05) is 24.8 Å². The first-order valence-electron chi connectivity index (χ1n) is 13.3. The lowest BCUT2D eigenvalue weighted by atomic mass is 9.93. The first-order valence-corrected chi connectivity index (χ1v) is 13.3. The van der Waals surface area contributed by atoms with Crippen molar-refractivity contribution in [2.75, 3.05) is 12.3 Å². The Labute approximate surface area is 236 Å². The fourth-order valence-corrected chi connectivity index (χ4v) is 5.15. The van der Waals surface area contributed by atoms with Crippen LogP contribution in [0.15, 0.2) is 66.6 Å². The van der Waals surface area contributed by atoms with E-state index in [2.05, 4.69) is 16.0 Å². The summed E-state index contributed by atoms with van der Waals surface area (Å²) in [5.74, 6) is -1.87. The van der Waals surface area contributed by atoms with Crippen LogP contribution in [0.3, 0.4) is 0 Å². The third-order valence-electron chi connectivity index (χ3n) is 6.97. The number of likely N-dealkylation sites (tertiary alicyclic amines) is 1. The van der Waals surface area contributed by atoms with E-state index >= 15 is 0 Å². The molecule has 10 heteroatoms. The molecule has 8 nitrogen and oxygen atoms in total. The van der Waals surface area contributed by atoms with Crippen molar-refractivity contribution in [3.8, 4) is 28.7 Å². The van der Waals surface area contributed by atoms with Gasteiger partial charge < -0.3 is 19.9 Å². The molecule has 41 heavy (non-hydrogen) atoms. The van der Waals surface area contributed by atoms with Crippen LogP contribution in [0.1, 0.15) is 33.6 Å². The van der Waals surface area contributed by atoms with E-state index in [1.54, 1.807) is 35.2 Å². The lowest BCUT2D eigenvalue weighted by Gasteiger charge is -2.26. The summed E-state index contributed by atoms with van der Waals surface area (Å²) < 4.78 is 35.1. The van der Waals surface area contributed by atoms with Crippen LogP contribution in [0.4, 0.5) is 14.6 Å². The molecular formula is C31H30F2N6O2. The second-order valence-electron chi connectivity index (χ2n) is 11.2. The van der Waals surface area contributed by atoms with Gasteiger partial charge >= 0.3 is 0 Å². The highest BCUT2D eigenvalue weighted by atomic mass is 19.2. The Morgan fingerprint density at radius 3 is 2.66 bits per heavy atom. The molecule has 1 amide bonds. The minimum atomic E-state index is -1.06. The minimum Gasteiger partial charge on any atom is -0.454 e. The van der Waals surface area contributed by atoms with Gasteiger partial charge in [-0.3, -0.25) is 4.79 Å². The summed E-state index contributed by atoms with van der Waals surface area (Å²) in [6.45, 7) is 6.90. The summed E-state index contributed by atoms with van der Waals surface area (Å²) >= 11 is 0.